The Balaban J connectivity index is 1.39. The van der Waals surface area contributed by atoms with E-state index < -0.39 is 4.92 Å². The van der Waals surface area contributed by atoms with Crippen molar-refractivity contribution in [2.75, 3.05) is 0 Å². The summed E-state index contributed by atoms with van der Waals surface area (Å²) in [5, 5.41) is 16.7. The van der Waals surface area contributed by atoms with Gasteiger partial charge in [0.1, 0.15) is 11.8 Å². The molecule has 0 aliphatic carbocycles. The van der Waals surface area contributed by atoms with Crippen LogP contribution in [0.3, 0.4) is 0 Å². The number of nitro groups is 1. The van der Waals surface area contributed by atoms with Crippen LogP contribution in [0.2, 0.25) is 0 Å². The van der Waals surface area contributed by atoms with Crippen LogP contribution in [0.4, 0.5) is 5.69 Å². The molecule has 0 fully saturated rings. The van der Waals surface area contributed by atoms with Crippen molar-refractivity contribution in [2.45, 2.75) is 0 Å². The van der Waals surface area contributed by atoms with Crippen LogP contribution >= 0.6 is 61.1 Å². The zero-order chi connectivity index (χ0) is 28.7. The predicted octanol–water partition coefficient (Wildman–Crippen LogP) is 7.76. The van der Waals surface area contributed by atoms with Gasteiger partial charge in [-0.1, -0.05) is 28.1 Å². The van der Waals surface area contributed by atoms with Crippen molar-refractivity contribution in [3.8, 4) is 23.2 Å². The summed E-state index contributed by atoms with van der Waals surface area (Å²) in [6.07, 6.45) is 2.71. The van der Waals surface area contributed by atoms with E-state index in [2.05, 4.69) is 71.2 Å². The zero-order valence-corrected chi connectivity index (χ0v) is 26.4. The van der Waals surface area contributed by atoms with Gasteiger partial charge in [-0.05, 0) is 99.3 Å². The highest BCUT2D eigenvalue weighted by Crippen LogP contribution is 2.33. The van der Waals surface area contributed by atoms with E-state index in [9.17, 15) is 14.9 Å². The SMILES string of the molecule is O=c1c2ccccc2nc(-c2cc3cc(Br)ccc3o2)n1N=Cc1cc(I)c(Oc2ccc([N+](=O)[O-])cn2)c(I)c1. The number of aromatic nitrogens is 3. The van der Waals surface area contributed by atoms with E-state index in [4.69, 9.17) is 14.1 Å². The molecule has 6 aromatic rings. The van der Waals surface area contributed by atoms with Crippen LogP contribution < -0.4 is 10.3 Å². The van der Waals surface area contributed by atoms with Crippen molar-refractivity contribution in [3.63, 3.8) is 0 Å². The minimum absolute atomic E-state index is 0.124. The molecule has 0 saturated carbocycles. The van der Waals surface area contributed by atoms with Gasteiger partial charge >= 0.3 is 0 Å². The first-order valence-electron chi connectivity index (χ1n) is 11.8. The fourth-order valence-corrected chi connectivity index (χ4v) is 6.45. The molecule has 3 aromatic heterocycles. The van der Waals surface area contributed by atoms with E-state index in [0.29, 0.717) is 33.6 Å². The Morgan fingerprint density at radius 2 is 1.83 bits per heavy atom. The number of hydrogen-bond acceptors (Lipinski definition) is 8. The number of nitrogens with zero attached hydrogens (tertiary/aromatic N) is 5. The van der Waals surface area contributed by atoms with Crippen molar-refractivity contribution in [1.82, 2.24) is 14.6 Å². The summed E-state index contributed by atoms with van der Waals surface area (Å²) in [6, 6.07) is 21.0. The number of rotatable bonds is 6. The second kappa shape index (κ2) is 11.3. The Morgan fingerprint density at radius 1 is 1.05 bits per heavy atom. The molecule has 0 saturated heterocycles. The molecule has 41 heavy (non-hydrogen) atoms. The molecule has 0 unspecified atom stereocenters. The van der Waals surface area contributed by atoms with Gasteiger partial charge in [-0.25, -0.2) is 9.97 Å². The molecule has 202 valence electrons. The van der Waals surface area contributed by atoms with Gasteiger partial charge in [0, 0.05) is 22.0 Å². The standard InChI is InChI=1S/C28H14BrI2N5O5/c29-17-5-7-23-16(11-17)12-24(40-23)27-34-22-4-2-1-3-19(22)28(37)35(27)33-13-15-9-20(30)26(21(31)10-15)41-25-8-6-18(14-32-25)36(38)39/h1-14H. The Kier molecular flexibility index (Phi) is 7.56. The minimum atomic E-state index is -0.520. The summed E-state index contributed by atoms with van der Waals surface area (Å²) < 4.78 is 15.6. The van der Waals surface area contributed by atoms with Crippen LogP contribution in [0.1, 0.15) is 5.56 Å². The van der Waals surface area contributed by atoms with E-state index in [1.54, 1.807) is 24.4 Å². The maximum absolute atomic E-state index is 13.6. The van der Waals surface area contributed by atoms with E-state index in [1.165, 1.54) is 16.8 Å². The van der Waals surface area contributed by atoms with Crippen LogP contribution in [0, 0.1) is 17.3 Å². The summed E-state index contributed by atoms with van der Waals surface area (Å²) in [7, 11) is 0. The molecule has 0 amide bonds. The topological polar surface area (TPSA) is 126 Å². The van der Waals surface area contributed by atoms with E-state index in [1.807, 2.05) is 42.5 Å². The molecule has 0 atom stereocenters. The van der Waals surface area contributed by atoms with E-state index in [0.717, 1.165) is 23.2 Å². The molecule has 6 rings (SSSR count). The first kappa shape index (κ1) is 27.5. The first-order valence-corrected chi connectivity index (χ1v) is 14.7. The number of benzene rings is 3. The third kappa shape index (κ3) is 5.60. The van der Waals surface area contributed by atoms with Gasteiger partial charge in [0.2, 0.25) is 11.7 Å². The van der Waals surface area contributed by atoms with Crippen molar-refractivity contribution in [3.05, 3.63) is 117 Å². The van der Waals surface area contributed by atoms with Gasteiger partial charge < -0.3 is 9.15 Å². The Labute approximate surface area is 266 Å². The maximum atomic E-state index is 13.6. The highest BCUT2D eigenvalue weighted by Gasteiger charge is 2.17. The summed E-state index contributed by atoms with van der Waals surface area (Å²) in [4.78, 5) is 32.7. The number of para-hydroxylation sites is 1. The van der Waals surface area contributed by atoms with Crippen molar-refractivity contribution in [1.29, 1.82) is 0 Å². The highest BCUT2D eigenvalue weighted by atomic mass is 127. The lowest BCUT2D eigenvalue weighted by atomic mass is 10.2. The highest BCUT2D eigenvalue weighted by molar-refractivity contribution is 14.1. The van der Waals surface area contributed by atoms with E-state index >= 15 is 0 Å². The van der Waals surface area contributed by atoms with Crippen LogP contribution in [0.15, 0.2) is 97.8 Å². The molecular weight excluding hydrogens is 820 g/mol. The van der Waals surface area contributed by atoms with Crippen LogP contribution in [0.25, 0.3) is 33.5 Å². The van der Waals surface area contributed by atoms with Gasteiger partial charge in [0.15, 0.2) is 11.5 Å². The monoisotopic (exact) mass is 833 g/mol. The summed E-state index contributed by atoms with van der Waals surface area (Å²) in [6.45, 7) is 0. The molecular formula is C28H14BrI2N5O5. The predicted molar refractivity (Wildman–Crippen MR) is 175 cm³/mol. The first-order chi connectivity index (χ1) is 19.8. The average molecular weight is 834 g/mol. The number of hydrogen-bond donors (Lipinski definition) is 0. The van der Waals surface area contributed by atoms with Gasteiger partial charge in [0.25, 0.3) is 11.2 Å². The molecule has 0 aliphatic heterocycles. The fraction of sp³-hybridized carbons (Fsp3) is 0. The summed E-state index contributed by atoms with van der Waals surface area (Å²) in [5.74, 6) is 1.44. The molecule has 0 N–H and O–H groups in total. The minimum Gasteiger partial charge on any atom is -0.453 e. The van der Waals surface area contributed by atoms with Crippen LogP contribution in [-0.2, 0) is 0 Å². The average Bonchev–Trinajstić information content (AvgIpc) is 3.38. The molecule has 13 heteroatoms. The van der Waals surface area contributed by atoms with E-state index in [-0.39, 0.29) is 23.0 Å². The van der Waals surface area contributed by atoms with Crippen molar-refractivity contribution in [2.24, 2.45) is 5.10 Å². The molecule has 0 bridgehead atoms. The largest absolute Gasteiger partial charge is 0.453 e. The number of pyridine rings is 1. The normalized spacial score (nSPS) is 11.5. The van der Waals surface area contributed by atoms with Gasteiger partial charge in [-0.2, -0.15) is 9.78 Å². The van der Waals surface area contributed by atoms with Gasteiger partial charge in [-0.15, -0.1) is 0 Å². The van der Waals surface area contributed by atoms with Crippen LogP contribution in [-0.4, -0.2) is 25.8 Å². The third-order valence-electron chi connectivity index (χ3n) is 5.93. The lowest BCUT2D eigenvalue weighted by molar-refractivity contribution is -0.385. The van der Waals surface area contributed by atoms with Crippen molar-refractivity contribution < 1.29 is 14.1 Å². The summed E-state index contributed by atoms with van der Waals surface area (Å²) >= 11 is 7.73. The number of fused-ring (bicyclic) bond motifs is 2. The lowest BCUT2D eigenvalue weighted by Gasteiger charge is -2.10. The van der Waals surface area contributed by atoms with Crippen molar-refractivity contribution >= 4 is 94.9 Å². The molecule has 10 nitrogen and oxygen atoms in total. The molecule has 3 heterocycles. The van der Waals surface area contributed by atoms with Gasteiger partial charge in [0.05, 0.1) is 29.2 Å². The lowest BCUT2D eigenvalue weighted by Crippen LogP contribution is -2.20. The molecule has 3 aromatic carbocycles. The Bertz CT molecular complexity index is 2050. The zero-order valence-electron chi connectivity index (χ0n) is 20.5. The second-order valence-electron chi connectivity index (χ2n) is 8.63. The smallest absolute Gasteiger partial charge is 0.287 e. The Hall–Kier alpha value is -3.70. The second-order valence-corrected chi connectivity index (χ2v) is 11.9. The number of ether oxygens (including phenoxy) is 1. The maximum Gasteiger partial charge on any atom is 0.287 e. The molecule has 0 spiro atoms. The van der Waals surface area contributed by atoms with Crippen LogP contribution in [0.5, 0.6) is 11.6 Å². The fourth-order valence-electron chi connectivity index (χ4n) is 4.04. The summed E-state index contributed by atoms with van der Waals surface area (Å²) in [5.41, 5.74) is 1.44. The third-order valence-corrected chi connectivity index (χ3v) is 8.03. The molecule has 0 aliphatic rings. The molecule has 0 radical (unpaired) electrons. The van der Waals surface area contributed by atoms with Gasteiger partial charge in [-0.3, -0.25) is 14.9 Å². The Morgan fingerprint density at radius 3 is 2.56 bits per heavy atom. The number of halogens is 3. The quantitative estimate of drug-likeness (QED) is 0.0727. The number of furan rings is 1.